The van der Waals surface area contributed by atoms with Crippen LogP contribution in [-0.4, -0.2) is 18.6 Å². The van der Waals surface area contributed by atoms with Crippen molar-refractivity contribution in [2.45, 2.75) is 45.6 Å². The van der Waals surface area contributed by atoms with Crippen LogP contribution in [0.5, 0.6) is 5.75 Å². The molecule has 22 heavy (non-hydrogen) atoms. The van der Waals surface area contributed by atoms with Crippen molar-refractivity contribution < 1.29 is 9.53 Å². The Hall–Kier alpha value is -1.26. The van der Waals surface area contributed by atoms with E-state index in [-0.39, 0.29) is 30.3 Å². The van der Waals surface area contributed by atoms with Crippen molar-refractivity contribution in [3.8, 4) is 5.75 Å². The minimum Gasteiger partial charge on any atom is -0.494 e. The van der Waals surface area contributed by atoms with Gasteiger partial charge in [0.15, 0.2) is 0 Å². The molecule has 2 rings (SSSR count). The Kier molecular flexibility index (Phi) is 7.69. The molecule has 1 aliphatic rings. The zero-order valence-electron chi connectivity index (χ0n) is 13.4. The molecule has 0 aromatic heterocycles. The molecule has 1 saturated carbocycles. The average Bonchev–Trinajstić information content (AvgIpc) is 2.87. The SMILES string of the molecule is CC(C)CCOc1ccc(NC(=O)C2CCC(N)C2)cc1.Cl. The van der Waals surface area contributed by atoms with Gasteiger partial charge in [0.2, 0.25) is 5.91 Å². The van der Waals surface area contributed by atoms with Gasteiger partial charge in [-0.2, -0.15) is 0 Å². The summed E-state index contributed by atoms with van der Waals surface area (Å²) < 4.78 is 5.66. The topological polar surface area (TPSA) is 64.3 Å². The number of nitrogens with one attached hydrogen (secondary N) is 1. The van der Waals surface area contributed by atoms with Gasteiger partial charge in [0.25, 0.3) is 0 Å². The highest BCUT2D eigenvalue weighted by atomic mass is 35.5. The lowest BCUT2D eigenvalue weighted by molar-refractivity contribution is -0.119. The molecule has 1 aromatic rings. The third kappa shape index (κ3) is 5.85. The summed E-state index contributed by atoms with van der Waals surface area (Å²) in [5.74, 6) is 1.62. The summed E-state index contributed by atoms with van der Waals surface area (Å²) in [5.41, 5.74) is 6.66. The Morgan fingerprint density at radius 3 is 2.55 bits per heavy atom. The lowest BCUT2D eigenvalue weighted by Gasteiger charge is -2.12. The lowest BCUT2D eigenvalue weighted by Crippen LogP contribution is -2.23. The molecule has 0 heterocycles. The zero-order valence-corrected chi connectivity index (χ0v) is 14.2. The third-order valence-electron chi connectivity index (χ3n) is 3.93. The van der Waals surface area contributed by atoms with Gasteiger partial charge in [-0.1, -0.05) is 13.8 Å². The van der Waals surface area contributed by atoms with Gasteiger partial charge in [-0.25, -0.2) is 0 Å². The monoisotopic (exact) mass is 326 g/mol. The normalized spacial score (nSPS) is 20.5. The highest BCUT2D eigenvalue weighted by Crippen LogP contribution is 2.26. The summed E-state index contributed by atoms with van der Waals surface area (Å²) >= 11 is 0. The molecule has 0 spiro atoms. The molecular formula is C17H27ClN2O2. The third-order valence-corrected chi connectivity index (χ3v) is 3.93. The fraction of sp³-hybridized carbons (Fsp3) is 0.588. The van der Waals surface area contributed by atoms with E-state index in [0.717, 1.165) is 43.7 Å². The van der Waals surface area contributed by atoms with Crippen LogP contribution in [0.1, 0.15) is 39.5 Å². The van der Waals surface area contributed by atoms with E-state index in [0.29, 0.717) is 5.92 Å². The van der Waals surface area contributed by atoms with Gasteiger partial charge < -0.3 is 15.8 Å². The van der Waals surface area contributed by atoms with Crippen LogP contribution in [0.15, 0.2) is 24.3 Å². The second kappa shape index (κ2) is 9.01. The van der Waals surface area contributed by atoms with Crippen LogP contribution in [0, 0.1) is 11.8 Å². The van der Waals surface area contributed by atoms with Gasteiger partial charge in [0, 0.05) is 17.6 Å². The Morgan fingerprint density at radius 1 is 1.32 bits per heavy atom. The second-order valence-electron chi connectivity index (χ2n) is 6.31. The average molecular weight is 327 g/mol. The number of ether oxygens (including phenoxy) is 1. The van der Waals surface area contributed by atoms with Gasteiger partial charge in [-0.05, 0) is 55.9 Å². The molecule has 5 heteroatoms. The number of halogens is 1. The quantitative estimate of drug-likeness (QED) is 0.839. The highest BCUT2D eigenvalue weighted by molar-refractivity contribution is 5.92. The van der Waals surface area contributed by atoms with E-state index in [4.69, 9.17) is 10.5 Å². The number of hydrogen-bond acceptors (Lipinski definition) is 3. The van der Waals surface area contributed by atoms with Crippen molar-refractivity contribution in [2.75, 3.05) is 11.9 Å². The van der Waals surface area contributed by atoms with Crippen molar-refractivity contribution in [1.29, 1.82) is 0 Å². The predicted octanol–water partition coefficient (Wildman–Crippen LogP) is 3.60. The van der Waals surface area contributed by atoms with Gasteiger partial charge in [-0.15, -0.1) is 12.4 Å². The van der Waals surface area contributed by atoms with Crippen LogP contribution in [0.4, 0.5) is 5.69 Å². The maximum Gasteiger partial charge on any atom is 0.227 e. The first kappa shape index (κ1) is 18.8. The summed E-state index contributed by atoms with van der Waals surface area (Å²) in [6.07, 6.45) is 3.67. The van der Waals surface area contributed by atoms with Crippen LogP contribution >= 0.6 is 12.4 Å². The van der Waals surface area contributed by atoms with Gasteiger partial charge in [0.05, 0.1) is 6.61 Å². The minimum absolute atomic E-state index is 0. The summed E-state index contributed by atoms with van der Waals surface area (Å²) in [5, 5.41) is 2.96. The van der Waals surface area contributed by atoms with E-state index < -0.39 is 0 Å². The van der Waals surface area contributed by atoms with Gasteiger partial charge in [0.1, 0.15) is 5.75 Å². The number of carbonyl (C=O) groups excluding carboxylic acids is 1. The summed E-state index contributed by atoms with van der Waals surface area (Å²) in [6, 6.07) is 7.75. The molecule has 1 amide bonds. The molecule has 3 N–H and O–H groups in total. The van der Waals surface area contributed by atoms with Crippen LogP contribution in [-0.2, 0) is 4.79 Å². The Labute approximate surface area is 139 Å². The van der Waals surface area contributed by atoms with Gasteiger partial charge >= 0.3 is 0 Å². The number of nitrogens with two attached hydrogens (primary N) is 1. The smallest absolute Gasteiger partial charge is 0.227 e. The van der Waals surface area contributed by atoms with Crippen LogP contribution < -0.4 is 15.8 Å². The molecule has 0 saturated heterocycles. The molecule has 2 unspecified atom stereocenters. The van der Waals surface area contributed by atoms with E-state index in [2.05, 4.69) is 19.2 Å². The van der Waals surface area contributed by atoms with E-state index >= 15 is 0 Å². The number of amides is 1. The fourth-order valence-electron chi connectivity index (χ4n) is 2.55. The summed E-state index contributed by atoms with van der Waals surface area (Å²) in [7, 11) is 0. The second-order valence-corrected chi connectivity index (χ2v) is 6.31. The van der Waals surface area contributed by atoms with Crippen molar-refractivity contribution in [3.63, 3.8) is 0 Å². The predicted molar refractivity (Wildman–Crippen MR) is 92.6 cm³/mol. The first-order chi connectivity index (χ1) is 10.0. The Bertz CT molecular complexity index is 462. The van der Waals surface area contributed by atoms with E-state index in [1.54, 1.807) is 0 Å². The van der Waals surface area contributed by atoms with Crippen molar-refractivity contribution in [1.82, 2.24) is 0 Å². The van der Waals surface area contributed by atoms with E-state index in [1.165, 1.54) is 0 Å². The highest BCUT2D eigenvalue weighted by Gasteiger charge is 2.27. The molecular weight excluding hydrogens is 300 g/mol. The minimum atomic E-state index is 0. The maximum absolute atomic E-state index is 12.1. The summed E-state index contributed by atoms with van der Waals surface area (Å²) in [4.78, 5) is 12.1. The molecule has 0 aliphatic heterocycles. The molecule has 2 atom stereocenters. The Morgan fingerprint density at radius 2 is 2.00 bits per heavy atom. The van der Waals surface area contributed by atoms with Crippen LogP contribution in [0.2, 0.25) is 0 Å². The van der Waals surface area contributed by atoms with E-state index in [9.17, 15) is 4.79 Å². The number of anilines is 1. The Balaban J connectivity index is 0.00000242. The fourth-order valence-corrected chi connectivity index (χ4v) is 2.55. The molecule has 124 valence electrons. The molecule has 0 radical (unpaired) electrons. The molecule has 4 nitrogen and oxygen atoms in total. The number of benzene rings is 1. The zero-order chi connectivity index (χ0) is 15.2. The molecule has 0 bridgehead atoms. The molecule has 1 fully saturated rings. The number of rotatable bonds is 6. The van der Waals surface area contributed by atoms with Crippen molar-refractivity contribution >= 4 is 24.0 Å². The molecule has 1 aliphatic carbocycles. The van der Waals surface area contributed by atoms with Crippen molar-refractivity contribution in [2.24, 2.45) is 17.6 Å². The summed E-state index contributed by atoms with van der Waals surface area (Å²) in [6.45, 7) is 5.08. The standard InChI is InChI=1S/C17H26N2O2.ClH/c1-12(2)9-10-21-16-7-5-15(6-8-16)19-17(20)13-3-4-14(18)11-13;/h5-8,12-14H,3-4,9-11,18H2,1-2H3,(H,19,20);1H. The maximum atomic E-state index is 12.1. The van der Waals surface area contributed by atoms with E-state index in [1.807, 2.05) is 24.3 Å². The first-order valence-corrected chi connectivity index (χ1v) is 7.84. The van der Waals surface area contributed by atoms with Crippen molar-refractivity contribution in [3.05, 3.63) is 24.3 Å². The largest absolute Gasteiger partial charge is 0.494 e. The van der Waals surface area contributed by atoms with Crippen LogP contribution in [0.25, 0.3) is 0 Å². The molecule has 1 aromatic carbocycles. The first-order valence-electron chi connectivity index (χ1n) is 7.84. The lowest BCUT2D eigenvalue weighted by atomic mass is 10.1. The number of hydrogen-bond donors (Lipinski definition) is 2. The van der Waals surface area contributed by atoms with Gasteiger partial charge in [-0.3, -0.25) is 4.79 Å². The van der Waals surface area contributed by atoms with Crippen LogP contribution in [0.3, 0.4) is 0 Å². The number of carbonyl (C=O) groups is 1.